The number of nitrogens with one attached hydrogen (secondary N) is 1. The molecule has 2 aliphatic rings. The Morgan fingerprint density at radius 3 is 2.79 bits per heavy atom. The number of rotatable bonds is 2. The van der Waals surface area contributed by atoms with Crippen LogP contribution in [0, 0.1) is 0 Å². The normalized spacial score (nSPS) is 21.5. The molecular formula is C15H20N2O2. The molecule has 4 nitrogen and oxygen atoms in total. The average molecular weight is 260 g/mol. The number of piperidine rings is 1. The SMILES string of the molecule is COCN1C(=O)CC2(CCNCC2)c2ccccc21. The van der Waals surface area contributed by atoms with Gasteiger partial charge in [0.15, 0.2) is 0 Å². The van der Waals surface area contributed by atoms with Crippen molar-refractivity contribution in [3.63, 3.8) is 0 Å². The Labute approximate surface area is 113 Å². The Balaban J connectivity index is 2.06. The van der Waals surface area contributed by atoms with Gasteiger partial charge in [0.25, 0.3) is 0 Å². The van der Waals surface area contributed by atoms with Gasteiger partial charge >= 0.3 is 0 Å². The quantitative estimate of drug-likeness (QED) is 0.879. The smallest absolute Gasteiger partial charge is 0.229 e. The number of ether oxygens (including phenoxy) is 1. The van der Waals surface area contributed by atoms with E-state index in [1.54, 1.807) is 12.0 Å². The first-order chi connectivity index (χ1) is 9.27. The number of nitrogens with zero attached hydrogens (tertiary/aromatic N) is 1. The van der Waals surface area contributed by atoms with E-state index in [0.717, 1.165) is 31.6 Å². The van der Waals surface area contributed by atoms with Crippen LogP contribution in [0.2, 0.25) is 0 Å². The fourth-order valence-electron chi connectivity index (χ4n) is 3.39. The van der Waals surface area contributed by atoms with E-state index in [-0.39, 0.29) is 11.3 Å². The maximum atomic E-state index is 12.4. The van der Waals surface area contributed by atoms with Crippen LogP contribution in [0.1, 0.15) is 24.8 Å². The number of anilines is 1. The number of amides is 1. The van der Waals surface area contributed by atoms with Crippen LogP contribution < -0.4 is 10.2 Å². The molecule has 1 spiro atoms. The third kappa shape index (κ3) is 2.05. The number of hydrogen-bond acceptors (Lipinski definition) is 3. The Hall–Kier alpha value is -1.39. The van der Waals surface area contributed by atoms with Crippen LogP contribution in [0.25, 0.3) is 0 Å². The molecule has 3 rings (SSSR count). The van der Waals surface area contributed by atoms with Crippen molar-refractivity contribution in [1.29, 1.82) is 0 Å². The van der Waals surface area contributed by atoms with Gasteiger partial charge in [-0.3, -0.25) is 9.69 Å². The molecule has 0 bridgehead atoms. The molecule has 1 aromatic carbocycles. The second-order valence-electron chi connectivity index (χ2n) is 5.46. The summed E-state index contributed by atoms with van der Waals surface area (Å²) in [4.78, 5) is 14.2. The van der Waals surface area contributed by atoms with E-state index in [9.17, 15) is 4.79 Å². The first-order valence-corrected chi connectivity index (χ1v) is 6.86. The van der Waals surface area contributed by atoms with Gasteiger partial charge in [-0.25, -0.2) is 0 Å². The third-order valence-corrected chi connectivity index (χ3v) is 4.38. The molecule has 102 valence electrons. The fourth-order valence-corrected chi connectivity index (χ4v) is 3.39. The first-order valence-electron chi connectivity index (χ1n) is 6.86. The van der Waals surface area contributed by atoms with Crippen LogP contribution in [-0.2, 0) is 14.9 Å². The van der Waals surface area contributed by atoms with Crippen LogP contribution >= 0.6 is 0 Å². The molecular weight excluding hydrogens is 240 g/mol. The zero-order valence-electron chi connectivity index (χ0n) is 11.3. The molecule has 1 N–H and O–H groups in total. The molecule has 0 aliphatic carbocycles. The highest BCUT2D eigenvalue weighted by molar-refractivity contribution is 5.97. The number of carbonyl (C=O) groups is 1. The minimum absolute atomic E-state index is 0.0309. The van der Waals surface area contributed by atoms with E-state index >= 15 is 0 Å². The van der Waals surface area contributed by atoms with Crippen molar-refractivity contribution in [2.75, 3.05) is 31.8 Å². The van der Waals surface area contributed by atoms with Gasteiger partial charge in [0, 0.05) is 24.6 Å². The summed E-state index contributed by atoms with van der Waals surface area (Å²) in [5.74, 6) is 0.183. The van der Waals surface area contributed by atoms with Crippen LogP contribution in [-0.4, -0.2) is 32.8 Å². The summed E-state index contributed by atoms with van der Waals surface area (Å²) in [6.07, 6.45) is 2.68. The van der Waals surface area contributed by atoms with Crippen LogP contribution in [0.3, 0.4) is 0 Å². The lowest BCUT2D eigenvalue weighted by Gasteiger charge is -2.45. The lowest BCUT2D eigenvalue weighted by atomic mass is 9.68. The zero-order valence-corrected chi connectivity index (χ0v) is 11.3. The molecule has 0 atom stereocenters. The molecule has 1 fully saturated rings. The summed E-state index contributed by atoms with van der Waals surface area (Å²) in [5, 5.41) is 3.39. The second-order valence-corrected chi connectivity index (χ2v) is 5.46. The van der Waals surface area contributed by atoms with E-state index in [2.05, 4.69) is 17.4 Å². The van der Waals surface area contributed by atoms with Crippen LogP contribution in [0.5, 0.6) is 0 Å². The Bertz CT molecular complexity index is 481. The van der Waals surface area contributed by atoms with Gasteiger partial charge in [-0.15, -0.1) is 0 Å². The molecule has 0 unspecified atom stereocenters. The van der Waals surface area contributed by atoms with Crippen molar-refractivity contribution in [1.82, 2.24) is 5.32 Å². The van der Waals surface area contributed by atoms with Crippen LogP contribution in [0.4, 0.5) is 5.69 Å². The number of benzene rings is 1. The number of para-hydroxylation sites is 1. The van der Waals surface area contributed by atoms with Crippen molar-refractivity contribution in [3.8, 4) is 0 Å². The lowest BCUT2D eigenvalue weighted by Crippen LogP contribution is -2.49. The Morgan fingerprint density at radius 1 is 1.32 bits per heavy atom. The molecule has 19 heavy (non-hydrogen) atoms. The van der Waals surface area contributed by atoms with Gasteiger partial charge in [-0.1, -0.05) is 18.2 Å². The molecule has 0 aromatic heterocycles. The van der Waals surface area contributed by atoms with Gasteiger partial charge < -0.3 is 10.1 Å². The minimum Gasteiger partial charge on any atom is -0.364 e. The van der Waals surface area contributed by atoms with E-state index in [1.807, 2.05) is 12.1 Å². The predicted molar refractivity (Wildman–Crippen MR) is 74.2 cm³/mol. The van der Waals surface area contributed by atoms with E-state index in [0.29, 0.717) is 13.2 Å². The second kappa shape index (κ2) is 4.94. The average Bonchev–Trinajstić information content (AvgIpc) is 2.45. The van der Waals surface area contributed by atoms with Gasteiger partial charge in [0.1, 0.15) is 6.73 Å². The monoisotopic (exact) mass is 260 g/mol. The fraction of sp³-hybridized carbons (Fsp3) is 0.533. The Morgan fingerprint density at radius 2 is 2.05 bits per heavy atom. The molecule has 1 aromatic rings. The van der Waals surface area contributed by atoms with Gasteiger partial charge in [-0.05, 0) is 37.6 Å². The van der Waals surface area contributed by atoms with Crippen molar-refractivity contribution in [2.45, 2.75) is 24.7 Å². The maximum absolute atomic E-state index is 12.4. The molecule has 4 heteroatoms. The molecule has 2 heterocycles. The topological polar surface area (TPSA) is 41.6 Å². The molecule has 1 amide bonds. The number of carbonyl (C=O) groups excluding carboxylic acids is 1. The Kier molecular flexibility index (Phi) is 3.29. The van der Waals surface area contributed by atoms with E-state index < -0.39 is 0 Å². The van der Waals surface area contributed by atoms with E-state index in [4.69, 9.17) is 4.74 Å². The van der Waals surface area contributed by atoms with Crippen molar-refractivity contribution < 1.29 is 9.53 Å². The zero-order chi connectivity index (χ0) is 13.3. The summed E-state index contributed by atoms with van der Waals surface area (Å²) in [6.45, 7) is 2.32. The minimum atomic E-state index is 0.0309. The summed E-state index contributed by atoms with van der Waals surface area (Å²) < 4.78 is 5.18. The van der Waals surface area contributed by atoms with Crippen molar-refractivity contribution >= 4 is 11.6 Å². The third-order valence-electron chi connectivity index (χ3n) is 4.38. The van der Waals surface area contributed by atoms with Crippen molar-refractivity contribution in [3.05, 3.63) is 29.8 Å². The summed E-state index contributed by atoms with van der Waals surface area (Å²) in [6, 6.07) is 8.28. The summed E-state index contributed by atoms with van der Waals surface area (Å²) in [5.41, 5.74) is 2.37. The highest BCUT2D eigenvalue weighted by Gasteiger charge is 2.43. The molecule has 1 saturated heterocycles. The summed E-state index contributed by atoms with van der Waals surface area (Å²) >= 11 is 0. The summed E-state index contributed by atoms with van der Waals surface area (Å²) in [7, 11) is 1.63. The number of methoxy groups -OCH3 is 1. The first kappa shape index (κ1) is 12.6. The van der Waals surface area contributed by atoms with Gasteiger partial charge in [-0.2, -0.15) is 0 Å². The highest BCUT2D eigenvalue weighted by Crippen LogP contribution is 2.45. The lowest BCUT2D eigenvalue weighted by molar-refractivity contribution is -0.121. The predicted octanol–water partition coefficient (Wildman–Crippen LogP) is 1.65. The standard InChI is InChI=1S/C15H20N2O2/c1-19-11-17-13-5-3-2-4-12(13)15(10-14(17)18)6-8-16-9-7-15/h2-5,16H,6-11H2,1H3. The number of fused-ring (bicyclic) bond motifs is 2. The largest absolute Gasteiger partial charge is 0.364 e. The molecule has 0 radical (unpaired) electrons. The van der Waals surface area contributed by atoms with Gasteiger partial charge in [0.05, 0.1) is 0 Å². The molecule has 2 aliphatic heterocycles. The highest BCUT2D eigenvalue weighted by atomic mass is 16.5. The maximum Gasteiger partial charge on any atom is 0.229 e. The van der Waals surface area contributed by atoms with Crippen molar-refractivity contribution in [2.24, 2.45) is 0 Å². The number of hydrogen-bond donors (Lipinski definition) is 1. The van der Waals surface area contributed by atoms with Crippen LogP contribution in [0.15, 0.2) is 24.3 Å². The van der Waals surface area contributed by atoms with E-state index in [1.165, 1.54) is 5.56 Å². The molecule has 0 saturated carbocycles. The van der Waals surface area contributed by atoms with Gasteiger partial charge in [0.2, 0.25) is 5.91 Å².